The van der Waals surface area contributed by atoms with E-state index in [1.165, 1.54) is 6.42 Å². The zero-order valence-electron chi connectivity index (χ0n) is 40.0. The molecular formula is C55H86NO7+. The second kappa shape index (κ2) is 44.1. The van der Waals surface area contributed by atoms with Crippen LogP contribution in [0.4, 0.5) is 0 Å². The van der Waals surface area contributed by atoms with Gasteiger partial charge in [-0.15, -0.1) is 0 Å². The molecule has 0 radical (unpaired) electrons. The number of ether oxygens (including phenoxy) is 3. The molecule has 0 heterocycles. The zero-order chi connectivity index (χ0) is 46.3. The topological polar surface area (TPSA) is 99.1 Å². The van der Waals surface area contributed by atoms with E-state index in [-0.39, 0.29) is 49.1 Å². The molecule has 2 unspecified atom stereocenters. The monoisotopic (exact) mass is 873 g/mol. The lowest BCUT2D eigenvalue weighted by atomic mass is 10.1. The Kier molecular flexibility index (Phi) is 40.9. The van der Waals surface area contributed by atoms with Crippen LogP contribution >= 0.6 is 0 Å². The third-order valence-corrected chi connectivity index (χ3v) is 9.64. The van der Waals surface area contributed by atoms with Crippen LogP contribution in [0.15, 0.2) is 134 Å². The summed E-state index contributed by atoms with van der Waals surface area (Å²) in [5, 5.41) is 9.64. The average molecular weight is 873 g/mol. The van der Waals surface area contributed by atoms with Crippen LogP contribution in [0.5, 0.6) is 0 Å². The maximum atomic E-state index is 12.8. The molecule has 0 aliphatic carbocycles. The van der Waals surface area contributed by atoms with Gasteiger partial charge >= 0.3 is 17.9 Å². The van der Waals surface area contributed by atoms with Crippen LogP contribution in [0.3, 0.4) is 0 Å². The molecule has 8 heteroatoms. The molecule has 0 amide bonds. The lowest BCUT2D eigenvalue weighted by molar-refractivity contribution is -0.887. The van der Waals surface area contributed by atoms with E-state index in [1.807, 2.05) is 57.6 Å². The standard InChI is InChI=1S/C55H85NO7/c1-6-8-10-12-14-16-18-20-22-24-26-27-28-30-31-33-35-37-39-41-43-45-53(57)62-50-51(49-61-48-47-52(55(59)60)56(3,4)5)63-54(58)46-44-42-40-38-36-34-32-29-25-23-21-19-17-15-13-11-9-7-2/h8,10-11,13-17,19-23,25-27,29-32,35,37,51-52H,6-7,9,12,18,24,28,33-34,36,38-50H2,1-5H3/p+1/b10-8+,13-11+,16-14+,17-15+,21-19+,22-20+,25-23+,27-26+,31-30+,32-29+,37-35+. The van der Waals surface area contributed by atoms with Gasteiger partial charge in [0, 0.05) is 19.3 Å². The lowest BCUT2D eigenvalue weighted by Crippen LogP contribution is -2.50. The van der Waals surface area contributed by atoms with Gasteiger partial charge in [0.25, 0.3) is 0 Å². The molecule has 0 saturated carbocycles. The van der Waals surface area contributed by atoms with Gasteiger partial charge in [-0.2, -0.15) is 0 Å². The summed E-state index contributed by atoms with van der Waals surface area (Å²) in [5.41, 5.74) is 0. The second-order valence-electron chi connectivity index (χ2n) is 16.4. The van der Waals surface area contributed by atoms with Crippen LogP contribution in [0.2, 0.25) is 0 Å². The third kappa shape index (κ3) is 42.5. The SMILES string of the molecule is CC/C=C/C/C=C/C/C=C/C/C=C/C/C=C/C/C=C/CCCCC(=O)OCC(COCCC(C(=O)O)[N+](C)(C)C)OC(=O)CCCCCCC/C=C/C=C/C=C/C=C/C=C/CCC. The fourth-order valence-corrected chi connectivity index (χ4v) is 6.01. The van der Waals surface area contributed by atoms with Gasteiger partial charge in [0.15, 0.2) is 12.1 Å². The first-order chi connectivity index (χ1) is 30.6. The molecule has 352 valence electrons. The molecule has 0 aromatic rings. The van der Waals surface area contributed by atoms with Gasteiger partial charge in [-0.05, 0) is 83.5 Å². The third-order valence-electron chi connectivity index (χ3n) is 9.64. The highest BCUT2D eigenvalue weighted by atomic mass is 16.6. The van der Waals surface area contributed by atoms with Gasteiger partial charge in [0.05, 0.1) is 34.4 Å². The van der Waals surface area contributed by atoms with Crippen molar-refractivity contribution >= 4 is 17.9 Å². The number of carboxylic acids is 1. The molecule has 0 spiro atoms. The maximum Gasteiger partial charge on any atom is 0.362 e. The summed E-state index contributed by atoms with van der Waals surface area (Å²) in [4.78, 5) is 37.1. The number of nitrogens with zero attached hydrogens (tertiary/aromatic N) is 1. The van der Waals surface area contributed by atoms with Crippen molar-refractivity contribution in [3.8, 4) is 0 Å². The van der Waals surface area contributed by atoms with Crippen molar-refractivity contribution in [1.29, 1.82) is 0 Å². The Labute approximate surface area is 383 Å². The van der Waals surface area contributed by atoms with Gasteiger partial charge in [-0.25, -0.2) is 4.79 Å². The Bertz CT molecular complexity index is 1480. The van der Waals surface area contributed by atoms with E-state index in [0.29, 0.717) is 12.8 Å². The molecule has 0 rings (SSSR count). The van der Waals surface area contributed by atoms with E-state index in [1.54, 1.807) is 0 Å². The molecule has 0 saturated heterocycles. The van der Waals surface area contributed by atoms with E-state index in [2.05, 4.69) is 111 Å². The van der Waals surface area contributed by atoms with Gasteiger partial charge in [0.2, 0.25) is 0 Å². The molecule has 0 aliphatic rings. The summed E-state index contributed by atoms with van der Waals surface area (Å²) in [6.07, 6.45) is 63.5. The number of carbonyl (C=O) groups is 3. The average Bonchev–Trinajstić information content (AvgIpc) is 3.24. The van der Waals surface area contributed by atoms with Crippen molar-refractivity contribution in [2.45, 2.75) is 154 Å². The number of aliphatic carboxylic acids is 1. The highest BCUT2D eigenvalue weighted by Crippen LogP contribution is 2.12. The Morgan fingerprint density at radius 3 is 1.49 bits per heavy atom. The van der Waals surface area contributed by atoms with Gasteiger partial charge in [0.1, 0.15) is 6.61 Å². The van der Waals surface area contributed by atoms with Gasteiger partial charge in [-0.1, -0.05) is 173 Å². The Hall–Kier alpha value is -4.53. The highest BCUT2D eigenvalue weighted by Gasteiger charge is 2.31. The first-order valence-corrected chi connectivity index (χ1v) is 23.8. The number of esters is 2. The number of likely N-dealkylation sites (N-methyl/N-ethyl adjacent to an activating group) is 1. The minimum Gasteiger partial charge on any atom is -0.477 e. The number of unbranched alkanes of at least 4 members (excludes halogenated alkanes) is 8. The lowest BCUT2D eigenvalue weighted by Gasteiger charge is -2.31. The molecule has 0 aliphatic heterocycles. The van der Waals surface area contributed by atoms with E-state index >= 15 is 0 Å². The summed E-state index contributed by atoms with van der Waals surface area (Å²) in [6, 6.07) is -0.636. The summed E-state index contributed by atoms with van der Waals surface area (Å²) in [5.74, 6) is -1.58. The van der Waals surface area contributed by atoms with Crippen LogP contribution in [0.25, 0.3) is 0 Å². The van der Waals surface area contributed by atoms with Crippen LogP contribution in [0, 0.1) is 0 Å². The molecule has 1 N–H and O–H groups in total. The van der Waals surface area contributed by atoms with E-state index in [9.17, 15) is 19.5 Å². The van der Waals surface area contributed by atoms with Crippen molar-refractivity contribution in [3.63, 3.8) is 0 Å². The number of quaternary nitrogens is 1. The van der Waals surface area contributed by atoms with Crippen molar-refractivity contribution in [3.05, 3.63) is 134 Å². The maximum absolute atomic E-state index is 12.8. The number of hydrogen-bond acceptors (Lipinski definition) is 6. The number of carboxylic acid groups (broad SMARTS) is 1. The minimum atomic E-state index is -0.893. The Morgan fingerprint density at radius 2 is 0.952 bits per heavy atom. The summed E-state index contributed by atoms with van der Waals surface area (Å²) in [6.45, 7) is 4.43. The summed E-state index contributed by atoms with van der Waals surface area (Å²) < 4.78 is 17.2. The number of carbonyl (C=O) groups excluding carboxylic acids is 2. The summed E-state index contributed by atoms with van der Waals surface area (Å²) in [7, 11) is 5.49. The van der Waals surface area contributed by atoms with Crippen molar-refractivity contribution in [2.75, 3.05) is 41.0 Å². The normalized spacial score (nSPS) is 14.1. The fourth-order valence-electron chi connectivity index (χ4n) is 6.01. The second-order valence-corrected chi connectivity index (χ2v) is 16.4. The van der Waals surface area contributed by atoms with Crippen LogP contribution in [0.1, 0.15) is 142 Å². The fraction of sp³-hybridized carbons (Fsp3) is 0.545. The highest BCUT2D eigenvalue weighted by molar-refractivity contribution is 5.72. The minimum absolute atomic E-state index is 0.0257. The van der Waals surface area contributed by atoms with E-state index in [4.69, 9.17) is 14.2 Å². The van der Waals surface area contributed by atoms with E-state index < -0.39 is 18.1 Å². The molecule has 0 aromatic heterocycles. The Morgan fingerprint density at radius 1 is 0.508 bits per heavy atom. The first-order valence-electron chi connectivity index (χ1n) is 23.8. The summed E-state index contributed by atoms with van der Waals surface area (Å²) >= 11 is 0. The first kappa shape index (κ1) is 58.5. The predicted molar refractivity (Wildman–Crippen MR) is 265 cm³/mol. The largest absolute Gasteiger partial charge is 0.477 e. The van der Waals surface area contributed by atoms with Crippen molar-refractivity contribution in [1.82, 2.24) is 0 Å². The van der Waals surface area contributed by atoms with E-state index in [0.717, 1.165) is 96.3 Å². The van der Waals surface area contributed by atoms with Crippen molar-refractivity contribution in [2.24, 2.45) is 0 Å². The molecule has 0 aromatic carbocycles. The number of allylic oxidation sites excluding steroid dienone is 22. The van der Waals surface area contributed by atoms with Gasteiger partial charge in [-0.3, -0.25) is 9.59 Å². The number of rotatable bonds is 40. The molecule has 0 bridgehead atoms. The van der Waals surface area contributed by atoms with Crippen molar-refractivity contribution < 1.29 is 38.2 Å². The zero-order valence-corrected chi connectivity index (χ0v) is 40.0. The van der Waals surface area contributed by atoms with Gasteiger partial charge < -0.3 is 23.8 Å². The Balaban J connectivity index is 4.48. The number of hydrogen-bond donors (Lipinski definition) is 1. The predicted octanol–water partition coefficient (Wildman–Crippen LogP) is 13.6. The quantitative estimate of drug-likeness (QED) is 0.0215. The molecular weight excluding hydrogens is 787 g/mol. The molecule has 2 atom stereocenters. The smallest absolute Gasteiger partial charge is 0.362 e. The molecule has 63 heavy (non-hydrogen) atoms. The van der Waals surface area contributed by atoms with Crippen LogP contribution in [-0.4, -0.2) is 80.6 Å². The van der Waals surface area contributed by atoms with Crippen LogP contribution < -0.4 is 0 Å². The molecule has 0 fully saturated rings. The molecule has 8 nitrogen and oxygen atoms in total. The van der Waals surface area contributed by atoms with Crippen LogP contribution in [-0.2, 0) is 28.6 Å².